The van der Waals surface area contributed by atoms with Gasteiger partial charge in [0.25, 0.3) is 0 Å². The zero-order valence-corrected chi connectivity index (χ0v) is 18.1. The van der Waals surface area contributed by atoms with Crippen LogP contribution in [0.3, 0.4) is 0 Å². The van der Waals surface area contributed by atoms with Crippen LogP contribution in [-0.2, 0) is 4.79 Å². The quantitative estimate of drug-likeness (QED) is 0.294. The maximum atomic E-state index is 12.1. The van der Waals surface area contributed by atoms with Crippen molar-refractivity contribution in [3.05, 3.63) is 81.8 Å². The molecule has 0 aliphatic carbocycles. The molecule has 30 heavy (non-hydrogen) atoms. The first-order valence-electron chi connectivity index (χ1n) is 9.10. The molecule has 5 nitrogen and oxygen atoms in total. The van der Waals surface area contributed by atoms with E-state index in [9.17, 15) is 4.79 Å². The molecule has 0 atom stereocenters. The number of benzene rings is 3. The first kappa shape index (κ1) is 22.1. The third kappa shape index (κ3) is 6.73. The molecule has 0 fully saturated rings. The Morgan fingerprint density at radius 1 is 0.767 bits per heavy atom. The van der Waals surface area contributed by atoms with Crippen molar-refractivity contribution in [1.82, 2.24) is 0 Å². The number of carbonyl (C=O) groups excluding carboxylic acids is 1. The molecule has 2 N–H and O–H groups in total. The van der Waals surface area contributed by atoms with Crippen molar-refractivity contribution in [2.45, 2.75) is 0 Å². The molecule has 0 unspecified atom stereocenters. The fourth-order valence-electron chi connectivity index (χ4n) is 2.50. The Bertz CT molecular complexity index is 983. The summed E-state index contributed by atoms with van der Waals surface area (Å²) < 4.78 is 11.2. The van der Waals surface area contributed by atoms with Gasteiger partial charge in [0.1, 0.15) is 24.7 Å². The molecule has 8 heteroatoms. The third-order valence-corrected chi connectivity index (χ3v) is 4.99. The van der Waals surface area contributed by atoms with E-state index in [-0.39, 0.29) is 12.5 Å². The molecule has 0 saturated carbocycles. The molecule has 0 bridgehead atoms. The van der Waals surface area contributed by atoms with E-state index in [2.05, 4.69) is 10.6 Å². The number of anilines is 2. The average Bonchev–Trinajstić information content (AvgIpc) is 2.75. The summed E-state index contributed by atoms with van der Waals surface area (Å²) in [5.41, 5.74) is 1.18. The van der Waals surface area contributed by atoms with Gasteiger partial charge >= 0.3 is 0 Å². The number of amides is 1. The number of halogens is 3. The molecule has 3 aromatic carbocycles. The number of rotatable bonds is 9. The van der Waals surface area contributed by atoms with Gasteiger partial charge in [-0.1, -0.05) is 53.0 Å². The Kier molecular flexibility index (Phi) is 8.08. The van der Waals surface area contributed by atoms with E-state index in [1.165, 1.54) is 12.1 Å². The second kappa shape index (κ2) is 11.0. The molecule has 0 heterocycles. The molecule has 3 rings (SSSR count). The lowest BCUT2D eigenvalue weighted by atomic mass is 10.3. The van der Waals surface area contributed by atoms with E-state index in [0.717, 1.165) is 11.4 Å². The topological polar surface area (TPSA) is 59.6 Å². The number of para-hydroxylation sites is 1. The summed E-state index contributed by atoms with van der Waals surface area (Å²) in [7, 11) is 0. The normalized spacial score (nSPS) is 10.4. The standard InChI is InChI=1S/C22H19Cl3N2O3/c23-18-12-20(25)21(13-19(18)24)27-22(28)14-26-15-6-8-17(9-7-15)30-11-10-29-16-4-2-1-3-5-16/h1-9,12-13,26H,10-11,14H2,(H,27,28). The first-order valence-corrected chi connectivity index (χ1v) is 10.2. The highest BCUT2D eigenvalue weighted by molar-refractivity contribution is 6.44. The van der Waals surface area contributed by atoms with Crippen LogP contribution in [0.25, 0.3) is 0 Å². The monoisotopic (exact) mass is 464 g/mol. The summed E-state index contributed by atoms with van der Waals surface area (Å²) in [4.78, 5) is 12.1. The van der Waals surface area contributed by atoms with E-state index >= 15 is 0 Å². The lowest BCUT2D eigenvalue weighted by molar-refractivity contribution is -0.114. The summed E-state index contributed by atoms with van der Waals surface area (Å²) in [5.74, 6) is 1.25. The lowest BCUT2D eigenvalue weighted by Crippen LogP contribution is -2.21. The van der Waals surface area contributed by atoms with Crippen molar-refractivity contribution >= 4 is 52.1 Å². The predicted octanol–water partition coefficient (Wildman–Crippen LogP) is 6.16. The van der Waals surface area contributed by atoms with E-state index in [4.69, 9.17) is 44.3 Å². The molecular weight excluding hydrogens is 447 g/mol. The molecule has 156 valence electrons. The molecule has 0 aliphatic rings. The van der Waals surface area contributed by atoms with Crippen LogP contribution in [0.4, 0.5) is 11.4 Å². The van der Waals surface area contributed by atoms with Crippen LogP contribution in [0.2, 0.25) is 15.1 Å². The minimum atomic E-state index is -0.270. The van der Waals surface area contributed by atoms with Crippen LogP contribution in [-0.4, -0.2) is 25.7 Å². The lowest BCUT2D eigenvalue weighted by Gasteiger charge is -2.11. The smallest absolute Gasteiger partial charge is 0.243 e. The molecule has 1 amide bonds. The summed E-state index contributed by atoms with van der Waals surface area (Å²) in [6, 6.07) is 19.8. The average molecular weight is 466 g/mol. The largest absolute Gasteiger partial charge is 0.490 e. The van der Waals surface area contributed by atoms with Crippen molar-refractivity contribution in [2.24, 2.45) is 0 Å². The summed E-state index contributed by atoms with van der Waals surface area (Å²) in [5, 5.41) is 6.68. The van der Waals surface area contributed by atoms with Crippen molar-refractivity contribution in [2.75, 3.05) is 30.4 Å². The van der Waals surface area contributed by atoms with Gasteiger partial charge in [0.2, 0.25) is 5.91 Å². The summed E-state index contributed by atoms with van der Waals surface area (Å²) >= 11 is 17.9. The van der Waals surface area contributed by atoms with Gasteiger partial charge in [-0.05, 0) is 48.5 Å². The maximum absolute atomic E-state index is 12.1. The molecule has 0 spiro atoms. The number of carbonyl (C=O) groups is 1. The first-order chi connectivity index (χ1) is 14.5. The van der Waals surface area contributed by atoms with Crippen LogP contribution in [0, 0.1) is 0 Å². The third-order valence-electron chi connectivity index (χ3n) is 3.96. The second-order valence-electron chi connectivity index (χ2n) is 6.18. The van der Waals surface area contributed by atoms with Crippen LogP contribution in [0.15, 0.2) is 66.7 Å². The number of nitrogens with one attached hydrogen (secondary N) is 2. The zero-order valence-electron chi connectivity index (χ0n) is 15.8. The Balaban J connectivity index is 1.41. The highest BCUT2D eigenvalue weighted by Crippen LogP contribution is 2.32. The number of hydrogen-bond acceptors (Lipinski definition) is 4. The molecule has 0 saturated heterocycles. The Morgan fingerprint density at radius 2 is 1.37 bits per heavy atom. The van der Waals surface area contributed by atoms with Crippen LogP contribution in [0.5, 0.6) is 11.5 Å². The Labute approximate surface area is 189 Å². The highest BCUT2D eigenvalue weighted by Gasteiger charge is 2.09. The van der Waals surface area contributed by atoms with Crippen molar-refractivity contribution < 1.29 is 14.3 Å². The number of hydrogen-bond donors (Lipinski definition) is 2. The SMILES string of the molecule is O=C(CNc1ccc(OCCOc2ccccc2)cc1)Nc1cc(Cl)c(Cl)cc1Cl. The van der Waals surface area contributed by atoms with Gasteiger partial charge < -0.3 is 20.1 Å². The van der Waals surface area contributed by atoms with E-state index in [0.29, 0.717) is 39.7 Å². The van der Waals surface area contributed by atoms with Crippen molar-refractivity contribution in [3.8, 4) is 11.5 Å². The fraction of sp³-hybridized carbons (Fsp3) is 0.136. The molecule has 0 aliphatic heterocycles. The van der Waals surface area contributed by atoms with E-state index in [1.54, 1.807) is 0 Å². The Morgan fingerprint density at radius 3 is 2.03 bits per heavy atom. The van der Waals surface area contributed by atoms with Gasteiger partial charge in [0.05, 0.1) is 27.3 Å². The molecule has 0 radical (unpaired) electrons. The van der Waals surface area contributed by atoms with Crippen LogP contribution >= 0.6 is 34.8 Å². The second-order valence-corrected chi connectivity index (χ2v) is 7.40. The van der Waals surface area contributed by atoms with Gasteiger partial charge in [-0.25, -0.2) is 0 Å². The minimum Gasteiger partial charge on any atom is -0.490 e. The molecule has 3 aromatic rings. The predicted molar refractivity (Wildman–Crippen MR) is 122 cm³/mol. The summed E-state index contributed by atoms with van der Waals surface area (Å²) in [6.45, 7) is 0.928. The minimum absolute atomic E-state index is 0.0572. The fourth-order valence-corrected chi connectivity index (χ4v) is 3.09. The zero-order chi connectivity index (χ0) is 21.3. The molecular formula is C22H19Cl3N2O3. The van der Waals surface area contributed by atoms with Crippen LogP contribution in [0.1, 0.15) is 0 Å². The van der Waals surface area contributed by atoms with E-state index in [1.807, 2.05) is 54.6 Å². The maximum Gasteiger partial charge on any atom is 0.243 e. The van der Waals surface area contributed by atoms with E-state index < -0.39 is 0 Å². The van der Waals surface area contributed by atoms with Crippen molar-refractivity contribution in [1.29, 1.82) is 0 Å². The summed E-state index contributed by atoms with van der Waals surface area (Å²) in [6.07, 6.45) is 0. The van der Waals surface area contributed by atoms with Gasteiger partial charge in [-0.2, -0.15) is 0 Å². The van der Waals surface area contributed by atoms with Gasteiger partial charge in [0, 0.05) is 5.69 Å². The van der Waals surface area contributed by atoms with Gasteiger partial charge in [-0.3, -0.25) is 4.79 Å². The van der Waals surface area contributed by atoms with Gasteiger partial charge in [-0.15, -0.1) is 0 Å². The van der Waals surface area contributed by atoms with Gasteiger partial charge in [0.15, 0.2) is 0 Å². The van der Waals surface area contributed by atoms with Crippen molar-refractivity contribution in [3.63, 3.8) is 0 Å². The Hall–Kier alpha value is -2.60. The highest BCUT2D eigenvalue weighted by atomic mass is 35.5. The molecule has 0 aromatic heterocycles. The number of ether oxygens (including phenoxy) is 2. The van der Waals surface area contributed by atoms with Crippen LogP contribution < -0.4 is 20.1 Å².